The Kier molecular flexibility index (Phi) is 15.3. The average molecular weight is 743 g/mol. The van der Waals surface area contributed by atoms with Crippen LogP contribution in [0.4, 0.5) is 4.79 Å². The number of alkyl carbamates (subject to hydrolysis) is 1. The molecule has 4 atom stereocenters. The lowest BCUT2D eigenvalue weighted by Gasteiger charge is -2.30. The van der Waals surface area contributed by atoms with Gasteiger partial charge in [-0.05, 0) is 41.4 Å². The van der Waals surface area contributed by atoms with Gasteiger partial charge in [-0.2, -0.15) is 0 Å². The molecule has 0 aromatic heterocycles. The highest BCUT2D eigenvalue weighted by molar-refractivity contribution is 7.93. The first-order valence-electron chi connectivity index (χ1n) is 16.6. The van der Waals surface area contributed by atoms with Crippen molar-refractivity contribution in [3.05, 3.63) is 82.8 Å². The maximum Gasteiger partial charge on any atom is 0.408 e. The van der Waals surface area contributed by atoms with Crippen molar-refractivity contribution in [1.82, 2.24) is 21.3 Å². The van der Waals surface area contributed by atoms with Gasteiger partial charge >= 0.3 is 18.0 Å². The predicted octanol–water partition coefficient (Wildman–Crippen LogP) is 1.49. The van der Waals surface area contributed by atoms with E-state index in [9.17, 15) is 37.2 Å². The summed E-state index contributed by atoms with van der Waals surface area (Å²) < 4.78 is 38.2. The van der Waals surface area contributed by atoms with Crippen LogP contribution >= 0.6 is 0 Å². The zero-order valence-corrected chi connectivity index (χ0v) is 30.6. The molecule has 0 radical (unpaired) electrons. The number of hydrogen-bond donors (Lipinski definition) is 4. The number of sulfone groups is 1. The fourth-order valence-electron chi connectivity index (χ4n) is 5.56. The van der Waals surface area contributed by atoms with Crippen LogP contribution in [0.15, 0.2) is 66.1 Å². The van der Waals surface area contributed by atoms with Gasteiger partial charge in [0.05, 0.1) is 33.1 Å². The summed E-state index contributed by atoms with van der Waals surface area (Å²) in [6.45, 7) is 3.24. The Bertz CT molecular complexity index is 1710. The van der Waals surface area contributed by atoms with Crippen LogP contribution < -0.4 is 21.3 Å². The van der Waals surface area contributed by atoms with E-state index in [1.165, 1.54) is 0 Å². The van der Waals surface area contributed by atoms with Gasteiger partial charge in [0.2, 0.25) is 17.7 Å². The maximum absolute atomic E-state index is 14.1. The molecule has 0 bridgehead atoms. The van der Waals surface area contributed by atoms with Crippen LogP contribution in [0.1, 0.15) is 43.4 Å². The number of rotatable bonds is 17. The molecular formula is C36H46N4O11S. The standard InChI is InChI=1S/C36H46N4O11S/c1-22(2)31(34(44)37-27(19-29(41)49-3)15-16-52(5,47)48)39-35(45)32(26-17-24-13-9-10-14-25(24)18-26)40-33(43)28(20-30(42)50-4)38-36(46)51-21-23-11-7-6-8-12-23/h6-16,22,26-28,31-32H,17-21H2,1-5H3,(H,37,44)(H,38,46)(H,39,45)(H,40,43)/b16-15+/t27?,28-,31-,32?/m0/s1. The van der Waals surface area contributed by atoms with Gasteiger partial charge in [0.1, 0.15) is 24.7 Å². The second-order valence-electron chi connectivity index (χ2n) is 12.7. The van der Waals surface area contributed by atoms with Crippen LogP contribution in [-0.4, -0.2) is 88.8 Å². The van der Waals surface area contributed by atoms with Gasteiger partial charge in [-0.15, -0.1) is 0 Å². The van der Waals surface area contributed by atoms with E-state index in [1.807, 2.05) is 24.3 Å². The molecule has 16 heteroatoms. The molecule has 2 aromatic carbocycles. The van der Waals surface area contributed by atoms with Crippen molar-refractivity contribution in [1.29, 1.82) is 0 Å². The van der Waals surface area contributed by atoms with Gasteiger partial charge in [0.15, 0.2) is 9.84 Å². The Morgan fingerprint density at radius 3 is 1.90 bits per heavy atom. The van der Waals surface area contributed by atoms with Crippen LogP contribution in [0.25, 0.3) is 0 Å². The largest absolute Gasteiger partial charge is 0.469 e. The molecule has 3 rings (SSSR count). The SMILES string of the molecule is COC(=O)CC(/C=C/S(C)(=O)=O)NC(=O)[C@@H](NC(=O)C(NC(=O)[C@H](CC(=O)OC)NC(=O)OCc1ccccc1)C1Cc2ccccc2C1)C(C)C. The molecule has 4 amide bonds. The lowest BCUT2D eigenvalue weighted by atomic mass is 9.93. The summed E-state index contributed by atoms with van der Waals surface area (Å²) >= 11 is 0. The lowest BCUT2D eigenvalue weighted by molar-refractivity contribution is -0.143. The van der Waals surface area contributed by atoms with E-state index in [0.717, 1.165) is 43.1 Å². The molecule has 0 fully saturated rings. The molecule has 0 aliphatic heterocycles. The number of esters is 2. The van der Waals surface area contributed by atoms with Crippen molar-refractivity contribution < 1.29 is 51.4 Å². The van der Waals surface area contributed by atoms with Gasteiger partial charge in [-0.3, -0.25) is 24.0 Å². The minimum absolute atomic E-state index is 0.103. The molecule has 2 aromatic rings. The number of carbonyl (C=O) groups is 6. The third-order valence-electron chi connectivity index (χ3n) is 8.30. The summed E-state index contributed by atoms with van der Waals surface area (Å²) in [5.74, 6) is -4.82. The fraction of sp³-hybridized carbons (Fsp3) is 0.444. The minimum atomic E-state index is -3.61. The van der Waals surface area contributed by atoms with Crippen molar-refractivity contribution in [3.8, 4) is 0 Å². The molecule has 1 aliphatic carbocycles. The van der Waals surface area contributed by atoms with Gasteiger partial charge in [-0.25, -0.2) is 13.2 Å². The smallest absolute Gasteiger partial charge is 0.408 e. The third-order valence-corrected chi connectivity index (χ3v) is 8.95. The van der Waals surface area contributed by atoms with Crippen LogP contribution in [0.3, 0.4) is 0 Å². The molecule has 52 heavy (non-hydrogen) atoms. The molecule has 0 saturated carbocycles. The fourth-order valence-corrected chi connectivity index (χ4v) is 6.04. The number of hydrogen-bond acceptors (Lipinski definition) is 11. The van der Waals surface area contributed by atoms with Crippen LogP contribution in [0.5, 0.6) is 0 Å². The number of ether oxygens (including phenoxy) is 3. The van der Waals surface area contributed by atoms with Crippen molar-refractivity contribution in [3.63, 3.8) is 0 Å². The summed E-state index contributed by atoms with van der Waals surface area (Å²) in [5, 5.41) is 11.2. The number of methoxy groups -OCH3 is 2. The number of amides is 4. The summed E-state index contributed by atoms with van der Waals surface area (Å²) in [6.07, 6.45) is 0.964. The highest BCUT2D eigenvalue weighted by atomic mass is 32.2. The molecule has 15 nitrogen and oxygen atoms in total. The zero-order chi connectivity index (χ0) is 38.4. The molecule has 0 heterocycles. The average Bonchev–Trinajstić information content (AvgIpc) is 3.54. The molecule has 0 saturated heterocycles. The minimum Gasteiger partial charge on any atom is -0.469 e. The van der Waals surface area contributed by atoms with E-state index < -0.39 is 88.0 Å². The number of nitrogens with one attached hydrogen (secondary N) is 4. The summed E-state index contributed by atoms with van der Waals surface area (Å²) in [5.41, 5.74) is 2.63. The Labute approximate surface area is 303 Å². The van der Waals surface area contributed by atoms with Crippen molar-refractivity contribution in [2.24, 2.45) is 11.8 Å². The summed E-state index contributed by atoms with van der Waals surface area (Å²) in [6, 6.07) is 11.3. The van der Waals surface area contributed by atoms with E-state index in [-0.39, 0.29) is 13.0 Å². The maximum atomic E-state index is 14.1. The van der Waals surface area contributed by atoms with Gasteiger partial charge in [0, 0.05) is 11.7 Å². The molecule has 4 N–H and O–H groups in total. The van der Waals surface area contributed by atoms with Crippen LogP contribution in [-0.2, 0) is 67.5 Å². The zero-order valence-electron chi connectivity index (χ0n) is 29.7. The van der Waals surface area contributed by atoms with Crippen molar-refractivity contribution >= 4 is 45.6 Å². The van der Waals surface area contributed by atoms with Gasteiger partial charge < -0.3 is 35.5 Å². The quantitative estimate of drug-likeness (QED) is 0.135. The monoisotopic (exact) mass is 742 g/mol. The van der Waals surface area contributed by atoms with E-state index >= 15 is 0 Å². The highest BCUT2D eigenvalue weighted by Crippen LogP contribution is 2.29. The van der Waals surface area contributed by atoms with E-state index in [4.69, 9.17) is 9.47 Å². The van der Waals surface area contributed by atoms with Crippen molar-refractivity contribution in [2.75, 3.05) is 20.5 Å². The topological polar surface area (TPSA) is 212 Å². The Hall–Kier alpha value is -5.25. The third kappa shape index (κ3) is 13.1. The van der Waals surface area contributed by atoms with Crippen LogP contribution in [0, 0.1) is 11.8 Å². The van der Waals surface area contributed by atoms with Gasteiger partial charge in [-0.1, -0.05) is 74.5 Å². The van der Waals surface area contributed by atoms with Crippen molar-refractivity contribution in [2.45, 2.75) is 70.3 Å². The predicted molar refractivity (Wildman–Crippen MR) is 189 cm³/mol. The van der Waals surface area contributed by atoms with E-state index in [2.05, 4.69) is 26.0 Å². The molecule has 1 aliphatic rings. The molecule has 282 valence electrons. The Morgan fingerprint density at radius 2 is 1.35 bits per heavy atom. The highest BCUT2D eigenvalue weighted by Gasteiger charge is 2.39. The first-order chi connectivity index (χ1) is 24.6. The number of carbonyl (C=O) groups excluding carboxylic acids is 6. The Balaban J connectivity index is 1.85. The molecular weight excluding hydrogens is 696 g/mol. The molecule has 2 unspecified atom stereocenters. The number of fused-ring (bicyclic) bond motifs is 1. The Morgan fingerprint density at radius 1 is 0.769 bits per heavy atom. The summed E-state index contributed by atoms with van der Waals surface area (Å²) in [4.78, 5) is 78.5. The first-order valence-corrected chi connectivity index (χ1v) is 18.5. The van der Waals surface area contributed by atoms with E-state index in [1.54, 1.807) is 44.2 Å². The normalized spacial score (nSPS) is 15.0. The van der Waals surface area contributed by atoms with Gasteiger partial charge in [0.25, 0.3) is 0 Å². The second kappa shape index (κ2) is 19.4. The first kappa shape index (κ1) is 41.2. The number of benzene rings is 2. The second-order valence-corrected chi connectivity index (χ2v) is 14.7. The van der Waals surface area contributed by atoms with Crippen LogP contribution in [0.2, 0.25) is 0 Å². The lowest BCUT2D eigenvalue weighted by Crippen LogP contribution is -2.60. The van der Waals surface area contributed by atoms with E-state index in [0.29, 0.717) is 18.4 Å². The summed E-state index contributed by atoms with van der Waals surface area (Å²) in [7, 11) is -1.33. The molecule has 0 spiro atoms.